The molecular formula is C4H10N4O2. The summed E-state index contributed by atoms with van der Waals surface area (Å²) in [6.07, 6.45) is 0. The summed E-state index contributed by atoms with van der Waals surface area (Å²) in [7, 11) is 0. The van der Waals surface area contributed by atoms with Crippen molar-refractivity contribution in [3.63, 3.8) is 0 Å². The quantitative estimate of drug-likeness (QED) is 0.181. The number of oxime groups is 1. The lowest BCUT2D eigenvalue weighted by atomic mass is 10.4. The molecule has 0 aromatic heterocycles. The van der Waals surface area contributed by atoms with Crippen molar-refractivity contribution in [2.75, 3.05) is 0 Å². The molecule has 0 aliphatic carbocycles. The predicted octanol–water partition coefficient (Wildman–Crippen LogP) is -1.93. The van der Waals surface area contributed by atoms with Gasteiger partial charge in [-0.2, -0.15) is 0 Å². The smallest absolute Gasteiger partial charge is 0.351 e. The first-order valence-electron chi connectivity index (χ1n) is 2.59. The first-order valence-corrected chi connectivity index (χ1v) is 2.59. The van der Waals surface area contributed by atoms with Gasteiger partial charge in [-0.1, -0.05) is 0 Å². The molecule has 0 aliphatic rings. The van der Waals surface area contributed by atoms with E-state index < -0.39 is 12.0 Å². The summed E-state index contributed by atoms with van der Waals surface area (Å²) >= 11 is 0. The molecule has 10 heavy (non-hydrogen) atoms. The van der Waals surface area contributed by atoms with Crippen molar-refractivity contribution in [2.24, 2.45) is 22.4 Å². The minimum Gasteiger partial charge on any atom is -0.367 e. The summed E-state index contributed by atoms with van der Waals surface area (Å²) in [6, 6.07) is -0.719. The molecule has 0 bridgehead atoms. The maximum absolute atomic E-state index is 10.5. The summed E-state index contributed by atoms with van der Waals surface area (Å²) in [5.74, 6) is -0.984. The molecule has 0 rings (SSSR count). The van der Waals surface area contributed by atoms with Gasteiger partial charge in [-0.15, -0.1) is 0 Å². The van der Waals surface area contributed by atoms with Crippen LogP contribution in [0.3, 0.4) is 0 Å². The number of carbonyl (C=O) groups is 1. The van der Waals surface area contributed by atoms with Gasteiger partial charge in [0, 0.05) is 0 Å². The van der Waals surface area contributed by atoms with E-state index in [2.05, 4.69) is 9.99 Å². The Labute approximate surface area is 58.0 Å². The SMILES string of the molecule is CC(N)C(=O)ON=C(N)N. The summed E-state index contributed by atoms with van der Waals surface area (Å²) in [5.41, 5.74) is 14.8. The highest BCUT2D eigenvalue weighted by atomic mass is 16.7. The molecule has 58 valence electrons. The van der Waals surface area contributed by atoms with Crippen molar-refractivity contribution in [1.82, 2.24) is 0 Å². The van der Waals surface area contributed by atoms with Crippen LogP contribution in [0.15, 0.2) is 5.16 Å². The van der Waals surface area contributed by atoms with E-state index in [4.69, 9.17) is 17.2 Å². The highest BCUT2D eigenvalue weighted by Crippen LogP contribution is 1.82. The lowest BCUT2D eigenvalue weighted by Crippen LogP contribution is -2.29. The van der Waals surface area contributed by atoms with Crippen LogP contribution in [0.2, 0.25) is 0 Å². The molecule has 0 radical (unpaired) electrons. The van der Waals surface area contributed by atoms with Gasteiger partial charge in [0.15, 0.2) is 0 Å². The molecule has 0 fully saturated rings. The highest BCUT2D eigenvalue weighted by molar-refractivity contribution is 5.78. The molecule has 0 aromatic carbocycles. The van der Waals surface area contributed by atoms with Crippen LogP contribution in [-0.4, -0.2) is 18.0 Å². The number of guanidine groups is 1. The van der Waals surface area contributed by atoms with Crippen molar-refractivity contribution >= 4 is 11.9 Å². The van der Waals surface area contributed by atoms with Gasteiger partial charge in [0.05, 0.1) is 0 Å². The number of hydrogen-bond acceptors (Lipinski definition) is 4. The largest absolute Gasteiger partial charge is 0.367 e. The number of nitrogens with zero attached hydrogens (tertiary/aromatic N) is 1. The van der Waals surface area contributed by atoms with Gasteiger partial charge >= 0.3 is 5.97 Å². The third-order valence-electron chi connectivity index (χ3n) is 0.613. The van der Waals surface area contributed by atoms with Gasteiger partial charge in [0.25, 0.3) is 0 Å². The van der Waals surface area contributed by atoms with Crippen LogP contribution >= 0.6 is 0 Å². The van der Waals surface area contributed by atoms with Crippen LogP contribution in [-0.2, 0) is 9.63 Å². The Hall–Kier alpha value is -1.30. The van der Waals surface area contributed by atoms with Gasteiger partial charge in [-0.3, -0.25) is 0 Å². The Morgan fingerprint density at radius 1 is 1.60 bits per heavy atom. The molecule has 6 N–H and O–H groups in total. The minimum atomic E-state index is -0.719. The number of nitrogens with two attached hydrogens (primary N) is 3. The average molecular weight is 146 g/mol. The molecule has 6 nitrogen and oxygen atoms in total. The van der Waals surface area contributed by atoms with Crippen LogP contribution < -0.4 is 17.2 Å². The maximum atomic E-state index is 10.5. The number of carbonyl (C=O) groups excluding carboxylic acids is 1. The summed E-state index contributed by atoms with van der Waals surface area (Å²) < 4.78 is 0. The highest BCUT2D eigenvalue weighted by Gasteiger charge is 2.07. The maximum Gasteiger partial charge on any atom is 0.351 e. The lowest BCUT2D eigenvalue weighted by Gasteiger charge is -1.98. The second-order valence-electron chi connectivity index (χ2n) is 1.72. The molecule has 0 aromatic rings. The fraction of sp³-hybridized carbons (Fsp3) is 0.500. The molecule has 1 atom stereocenters. The normalized spacial score (nSPS) is 11.8. The number of rotatable bonds is 2. The van der Waals surface area contributed by atoms with Crippen molar-refractivity contribution < 1.29 is 9.63 Å². The molecule has 0 spiro atoms. The predicted molar refractivity (Wildman–Crippen MR) is 35.6 cm³/mol. The molecule has 0 saturated carbocycles. The molecule has 6 heteroatoms. The molecule has 0 saturated heterocycles. The van der Waals surface area contributed by atoms with E-state index in [1.54, 1.807) is 0 Å². The van der Waals surface area contributed by atoms with Crippen LogP contribution in [0.4, 0.5) is 0 Å². The van der Waals surface area contributed by atoms with Crippen LogP contribution in [0, 0.1) is 0 Å². The van der Waals surface area contributed by atoms with E-state index in [-0.39, 0.29) is 5.96 Å². The fourth-order valence-electron chi connectivity index (χ4n) is 0.181. The van der Waals surface area contributed by atoms with Crippen LogP contribution in [0.5, 0.6) is 0 Å². The molecule has 0 heterocycles. The Morgan fingerprint density at radius 3 is 2.40 bits per heavy atom. The number of hydrogen-bond donors (Lipinski definition) is 3. The molecule has 0 amide bonds. The average Bonchev–Trinajstić information content (AvgIpc) is 1.82. The second-order valence-corrected chi connectivity index (χ2v) is 1.72. The Kier molecular flexibility index (Phi) is 3.20. The van der Waals surface area contributed by atoms with E-state index in [1.807, 2.05) is 0 Å². The van der Waals surface area contributed by atoms with Crippen LogP contribution in [0.1, 0.15) is 6.92 Å². The van der Waals surface area contributed by atoms with Gasteiger partial charge < -0.3 is 22.0 Å². The van der Waals surface area contributed by atoms with Crippen molar-refractivity contribution in [3.05, 3.63) is 0 Å². The van der Waals surface area contributed by atoms with Crippen LogP contribution in [0.25, 0.3) is 0 Å². The molecular weight excluding hydrogens is 136 g/mol. The third kappa shape index (κ3) is 3.67. The van der Waals surface area contributed by atoms with E-state index in [0.29, 0.717) is 0 Å². The standard InChI is InChI=1S/C4H10N4O2/c1-2(5)3(9)10-8-4(6)7/h2H,5H2,1H3,(H4,6,7,8). The zero-order valence-electron chi connectivity index (χ0n) is 5.57. The minimum absolute atomic E-state index is 0.311. The second kappa shape index (κ2) is 3.67. The topological polar surface area (TPSA) is 117 Å². The van der Waals surface area contributed by atoms with Gasteiger partial charge in [-0.25, -0.2) is 4.79 Å². The first kappa shape index (κ1) is 8.70. The molecule has 1 unspecified atom stereocenters. The first-order chi connectivity index (χ1) is 4.54. The Morgan fingerprint density at radius 2 is 2.10 bits per heavy atom. The van der Waals surface area contributed by atoms with E-state index >= 15 is 0 Å². The van der Waals surface area contributed by atoms with Crippen molar-refractivity contribution in [1.29, 1.82) is 0 Å². The van der Waals surface area contributed by atoms with Crippen molar-refractivity contribution in [3.8, 4) is 0 Å². The lowest BCUT2D eigenvalue weighted by molar-refractivity contribution is -0.144. The summed E-state index contributed by atoms with van der Waals surface area (Å²) in [6.45, 7) is 1.46. The zero-order chi connectivity index (χ0) is 8.15. The third-order valence-corrected chi connectivity index (χ3v) is 0.613. The van der Waals surface area contributed by atoms with Gasteiger partial charge in [0.2, 0.25) is 5.96 Å². The fourth-order valence-corrected chi connectivity index (χ4v) is 0.181. The Bertz CT molecular complexity index is 149. The van der Waals surface area contributed by atoms with Crippen molar-refractivity contribution in [2.45, 2.75) is 13.0 Å². The van der Waals surface area contributed by atoms with E-state index in [9.17, 15) is 4.79 Å². The molecule has 0 aliphatic heterocycles. The monoisotopic (exact) mass is 146 g/mol. The van der Waals surface area contributed by atoms with Gasteiger partial charge in [-0.05, 0) is 12.1 Å². The zero-order valence-corrected chi connectivity index (χ0v) is 5.57. The summed E-state index contributed by atoms with van der Waals surface area (Å²) in [4.78, 5) is 14.6. The van der Waals surface area contributed by atoms with E-state index in [1.165, 1.54) is 6.92 Å². The van der Waals surface area contributed by atoms with Gasteiger partial charge in [0.1, 0.15) is 6.04 Å². The Balaban J connectivity index is 3.71. The van der Waals surface area contributed by atoms with E-state index in [0.717, 1.165) is 0 Å². The summed E-state index contributed by atoms with van der Waals surface area (Å²) in [5, 5.41) is 2.99.